The molecule has 0 saturated carbocycles. The summed E-state index contributed by atoms with van der Waals surface area (Å²) in [5.74, 6) is -2.00. The molecule has 3 unspecified atom stereocenters. The molecule has 0 spiro atoms. The molecule has 4 N–H and O–H groups in total. The minimum atomic E-state index is -0.941. The van der Waals surface area contributed by atoms with E-state index in [1.807, 2.05) is 17.5 Å². The van der Waals surface area contributed by atoms with E-state index in [2.05, 4.69) is 25.6 Å². The van der Waals surface area contributed by atoms with Gasteiger partial charge in [-0.25, -0.2) is 9.97 Å². The van der Waals surface area contributed by atoms with E-state index in [1.54, 1.807) is 12.3 Å². The molecule has 4 heterocycles. The molecule has 4 amide bonds. The van der Waals surface area contributed by atoms with Crippen LogP contribution < -0.4 is 16.4 Å². The number of nitrogens with zero attached hydrogens (tertiary/aromatic N) is 4. The summed E-state index contributed by atoms with van der Waals surface area (Å²) in [5, 5.41) is 9.84. The first-order valence-electron chi connectivity index (χ1n) is 11.2. The zero-order valence-corrected chi connectivity index (χ0v) is 21.1. The van der Waals surface area contributed by atoms with Gasteiger partial charge in [-0.15, -0.1) is 22.7 Å². The Morgan fingerprint density at radius 3 is 2.69 bits per heavy atom. The number of aromatic nitrogens is 3. The quantitative estimate of drug-likeness (QED) is 0.393. The van der Waals surface area contributed by atoms with Crippen molar-refractivity contribution < 1.29 is 19.2 Å². The number of rotatable bonds is 8. The molecular weight excluding hydrogens is 502 g/mol. The number of nitrogens with two attached hydrogens (primary N) is 1. The van der Waals surface area contributed by atoms with Crippen LogP contribution in [0.25, 0.3) is 0 Å². The summed E-state index contributed by atoms with van der Waals surface area (Å²) in [6, 6.07) is 1.42. The number of hydrogen-bond donors (Lipinski definition) is 3. The number of likely N-dealkylation sites (tertiary alicyclic amines) is 1. The average molecular weight is 528 g/mol. The Hall–Kier alpha value is -3.71. The highest BCUT2D eigenvalue weighted by Crippen LogP contribution is 2.22. The molecule has 3 aromatic rings. The van der Waals surface area contributed by atoms with Crippen LogP contribution in [0, 0.1) is 6.92 Å². The number of piperidine rings is 1. The molecule has 1 aliphatic heterocycles. The number of nitrogens with one attached hydrogen (secondary N) is 2. The Bertz CT molecular complexity index is 1230. The van der Waals surface area contributed by atoms with Gasteiger partial charge in [-0.3, -0.25) is 24.2 Å². The van der Waals surface area contributed by atoms with Gasteiger partial charge in [-0.2, -0.15) is 0 Å². The summed E-state index contributed by atoms with van der Waals surface area (Å²) < 4.78 is 0. The second-order valence-electron chi connectivity index (χ2n) is 8.30. The van der Waals surface area contributed by atoms with Crippen molar-refractivity contribution in [3.63, 3.8) is 0 Å². The van der Waals surface area contributed by atoms with Crippen LogP contribution in [0.15, 0.2) is 41.5 Å². The van der Waals surface area contributed by atoms with Crippen LogP contribution in [0.3, 0.4) is 0 Å². The molecule has 1 saturated heterocycles. The smallest absolute Gasteiger partial charge is 0.274 e. The summed E-state index contributed by atoms with van der Waals surface area (Å²) in [6.07, 6.45) is 5.06. The largest absolute Gasteiger partial charge is 0.368 e. The molecular formula is C23H25N7O4S2. The molecule has 3 atom stereocenters. The number of thiazole rings is 1. The van der Waals surface area contributed by atoms with Crippen LogP contribution in [0.4, 0.5) is 0 Å². The van der Waals surface area contributed by atoms with Gasteiger partial charge in [0.2, 0.25) is 11.8 Å². The molecule has 0 aliphatic carbocycles. The fourth-order valence-corrected chi connectivity index (χ4v) is 5.33. The highest BCUT2D eigenvalue weighted by Gasteiger charge is 2.39. The summed E-state index contributed by atoms with van der Waals surface area (Å²) in [6.45, 7) is 2.01. The minimum Gasteiger partial charge on any atom is -0.368 e. The van der Waals surface area contributed by atoms with Gasteiger partial charge >= 0.3 is 0 Å². The maximum atomic E-state index is 13.4. The molecule has 0 bridgehead atoms. The van der Waals surface area contributed by atoms with Gasteiger partial charge < -0.3 is 21.3 Å². The molecule has 1 aliphatic rings. The second-order valence-corrected chi connectivity index (χ2v) is 10.4. The van der Waals surface area contributed by atoms with Gasteiger partial charge in [0.1, 0.15) is 23.5 Å². The number of aryl methyl sites for hydroxylation is 1. The third kappa shape index (κ3) is 6.10. The Labute approximate surface area is 215 Å². The van der Waals surface area contributed by atoms with Crippen molar-refractivity contribution in [1.29, 1.82) is 0 Å². The monoisotopic (exact) mass is 527 g/mol. The molecule has 3 aromatic heterocycles. The van der Waals surface area contributed by atoms with Crippen LogP contribution in [0.2, 0.25) is 0 Å². The second kappa shape index (κ2) is 11.4. The lowest BCUT2D eigenvalue weighted by Crippen LogP contribution is -2.59. The molecule has 188 valence electrons. The normalized spacial score (nSPS) is 18.3. The molecule has 0 aromatic carbocycles. The van der Waals surface area contributed by atoms with Crippen molar-refractivity contribution in [3.8, 4) is 0 Å². The Kier molecular flexibility index (Phi) is 8.00. The SMILES string of the molecule is Cc1nc(C(=O)N2CCC(NC(=O)c3cnccn3)CC2C(=O)NC(Cc2cccs2)C(N)=O)cs1. The van der Waals surface area contributed by atoms with Crippen molar-refractivity contribution in [2.24, 2.45) is 5.73 Å². The van der Waals surface area contributed by atoms with Crippen LogP contribution >= 0.6 is 22.7 Å². The fraction of sp³-hybridized carbons (Fsp3) is 0.348. The number of carbonyl (C=O) groups excluding carboxylic acids is 4. The van der Waals surface area contributed by atoms with Crippen molar-refractivity contribution in [3.05, 3.63) is 62.8 Å². The first-order valence-corrected chi connectivity index (χ1v) is 13.0. The first kappa shape index (κ1) is 25.4. The van der Waals surface area contributed by atoms with Crippen molar-refractivity contribution in [2.75, 3.05) is 6.54 Å². The summed E-state index contributed by atoms with van der Waals surface area (Å²) in [4.78, 5) is 65.9. The zero-order chi connectivity index (χ0) is 25.7. The summed E-state index contributed by atoms with van der Waals surface area (Å²) in [7, 11) is 0. The molecule has 36 heavy (non-hydrogen) atoms. The zero-order valence-electron chi connectivity index (χ0n) is 19.4. The number of carbonyl (C=O) groups is 4. The van der Waals surface area contributed by atoms with Gasteiger partial charge in [-0.05, 0) is 31.2 Å². The lowest BCUT2D eigenvalue weighted by Gasteiger charge is -2.38. The van der Waals surface area contributed by atoms with Crippen LogP contribution in [0.5, 0.6) is 0 Å². The number of thiophene rings is 1. The predicted octanol–water partition coefficient (Wildman–Crippen LogP) is 0.919. The molecule has 1 fully saturated rings. The third-order valence-electron chi connectivity index (χ3n) is 5.78. The van der Waals surface area contributed by atoms with E-state index in [0.717, 1.165) is 9.88 Å². The fourth-order valence-electron chi connectivity index (χ4n) is 3.99. The van der Waals surface area contributed by atoms with Gasteiger partial charge in [0.25, 0.3) is 11.8 Å². The minimum absolute atomic E-state index is 0.150. The maximum absolute atomic E-state index is 13.4. The van der Waals surface area contributed by atoms with E-state index in [-0.39, 0.29) is 36.7 Å². The topological polar surface area (TPSA) is 160 Å². The standard InChI is InChI=1S/C23H25N7O4S2/c1-13-27-18(12-36-13)23(34)30-7-4-14(28-21(32)17-11-25-5-6-26-17)9-19(30)22(33)29-16(20(24)31)10-15-3-2-8-35-15/h2-3,5-6,8,11-12,14,16,19H,4,7,9-10H2,1H3,(H2,24,31)(H,28,32)(H,29,33). The van der Waals surface area contributed by atoms with E-state index in [1.165, 1.54) is 46.2 Å². The Balaban J connectivity index is 1.52. The van der Waals surface area contributed by atoms with E-state index in [4.69, 9.17) is 5.73 Å². The molecule has 0 radical (unpaired) electrons. The number of primary amides is 1. The number of hydrogen-bond acceptors (Lipinski definition) is 9. The van der Waals surface area contributed by atoms with Crippen LogP contribution in [-0.2, 0) is 16.0 Å². The van der Waals surface area contributed by atoms with E-state index >= 15 is 0 Å². The molecule has 4 rings (SSSR count). The van der Waals surface area contributed by atoms with Crippen molar-refractivity contribution >= 4 is 46.3 Å². The van der Waals surface area contributed by atoms with Gasteiger partial charge in [0, 0.05) is 41.7 Å². The lowest BCUT2D eigenvalue weighted by atomic mass is 9.95. The van der Waals surface area contributed by atoms with E-state index in [0.29, 0.717) is 6.42 Å². The maximum Gasteiger partial charge on any atom is 0.274 e. The Morgan fingerprint density at radius 2 is 2.06 bits per heavy atom. The number of amides is 4. The highest BCUT2D eigenvalue weighted by molar-refractivity contribution is 7.10. The summed E-state index contributed by atoms with van der Waals surface area (Å²) in [5.41, 5.74) is 5.97. The van der Waals surface area contributed by atoms with Crippen LogP contribution in [-0.4, -0.2) is 68.2 Å². The lowest BCUT2D eigenvalue weighted by molar-refractivity contribution is -0.131. The van der Waals surface area contributed by atoms with E-state index in [9.17, 15) is 19.2 Å². The van der Waals surface area contributed by atoms with Gasteiger partial charge in [0.05, 0.1) is 11.2 Å². The van der Waals surface area contributed by atoms with E-state index < -0.39 is 35.8 Å². The third-order valence-corrected chi connectivity index (χ3v) is 7.45. The van der Waals surface area contributed by atoms with Gasteiger partial charge in [0.15, 0.2) is 0 Å². The Morgan fingerprint density at radius 1 is 1.22 bits per heavy atom. The molecule has 11 nitrogen and oxygen atoms in total. The highest BCUT2D eigenvalue weighted by atomic mass is 32.1. The van der Waals surface area contributed by atoms with Crippen LogP contribution in [0.1, 0.15) is 43.7 Å². The first-order chi connectivity index (χ1) is 17.3. The van der Waals surface area contributed by atoms with Gasteiger partial charge in [-0.1, -0.05) is 6.07 Å². The predicted molar refractivity (Wildman–Crippen MR) is 133 cm³/mol. The van der Waals surface area contributed by atoms with Crippen molar-refractivity contribution in [2.45, 2.75) is 44.3 Å². The van der Waals surface area contributed by atoms with Crippen molar-refractivity contribution in [1.82, 2.24) is 30.5 Å². The average Bonchev–Trinajstić information content (AvgIpc) is 3.55. The summed E-state index contributed by atoms with van der Waals surface area (Å²) >= 11 is 2.79. The molecule has 13 heteroatoms.